The molecule has 2 N–H and O–H groups in total. The highest BCUT2D eigenvalue weighted by molar-refractivity contribution is 5.28. The molecule has 0 aliphatic rings. The Balaban J connectivity index is 2.20. The van der Waals surface area contributed by atoms with E-state index in [1.165, 1.54) is 22.5 Å². The molecule has 0 aliphatic heterocycles. The van der Waals surface area contributed by atoms with Crippen molar-refractivity contribution in [1.82, 2.24) is 19.6 Å². The lowest BCUT2D eigenvalue weighted by molar-refractivity contribution is 0.579. The van der Waals surface area contributed by atoms with Crippen molar-refractivity contribution in [2.24, 2.45) is 12.8 Å². The van der Waals surface area contributed by atoms with Gasteiger partial charge in [-0.05, 0) is 43.7 Å². The summed E-state index contributed by atoms with van der Waals surface area (Å²) in [6.45, 7) is 7.33. The van der Waals surface area contributed by atoms with E-state index in [1.807, 2.05) is 17.9 Å². The van der Waals surface area contributed by atoms with Crippen molar-refractivity contribution in [2.45, 2.75) is 59.0 Å². The minimum absolute atomic E-state index is 0.177. The van der Waals surface area contributed by atoms with Crippen molar-refractivity contribution in [1.29, 1.82) is 0 Å². The van der Waals surface area contributed by atoms with Crippen LogP contribution in [0.3, 0.4) is 0 Å². The van der Waals surface area contributed by atoms with Crippen molar-refractivity contribution in [3.05, 3.63) is 34.9 Å². The Morgan fingerprint density at radius 1 is 1.29 bits per heavy atom. The summed E-state index contributed by atoms with van der Waals surface area (Å²) in [6, 6.07) is 0.177. The van der Waals surface area contributed by atoms with E-state index in [-0.39, 0.29) is 6.04 Å². The number of rotatable bonds is 7. The second-order valence-corrected chi connectivity index (χ2v) is 5.76. The fourth-order valence-electron chi connectivity index (χ4n) is 2.85. The molecule has 0 spiro atoms. The maximum atomic E-state index is 6.00. The van der Waals surface area contributed by atoms with E-state index in [2.05, 4.69) is 36.7 Å². The molecule has 0 aliphatic carbocycles. The Bertz CT molecular complexity index is 580. The number of aryl methyl sites for hydroxylation is 4. The maximum absolute atomic E-state index is 6.00. The smallest absolute Gasteiger partial charge is 0.0657 e. The molecule has 5 heteroatoms. The minimum atomic E-state index is 0.177. The predicted molar refractivity (Wildman–Crippen MR) is 85.2 cm³/mol. The largest absolute Gasteiger partial charge is 0.328 e. The third-order valence-electron chi connectivity index (χ3n) is 3.82. The summed E-state index contributed by atoms with van der Waals surface area (Å²) in [5, 5.41) is 9.03. The zero-order valence-corrected chi connectivity index (χ0v) is 13.6. The van der Waals surface area contributed by atoms with E-state index in [0.29, 0.717) is 0 Å². The van der Waals surface area contributed by atoms with Crippen molar-refractivity contribution in [3.8, 4) is 0 Å². The van der Waals surface area contributed by atoms with Crippen LogP contribution in [-0.2, 0) is 39.3 Å². The monoisotopic (exact) mass is 289 g/mol. The standard InChI is InChI=1S/C16H27N5/c1-5-15-14(9-12(3)17)16(6-2)21(19-15)8-7-13-10-18-20(4)11-13/h10-12H,5-9,17H2,1-4H3. The fraction of sp³-hybridized carbons (Fsp3) is 0.625. The summed E-state index contributed by atoms with van der Waals surface area (Å²) in [7, 11) is 1.95. The first-order valence-electron chi connectivity index (χ1n) is 7.85. The quantitative estimate of drug-likeness (QED) is 0.846. The molecule has 2 aromatic rings. The molecule has 1 unspecified atom stereocenters. The number of nitrogens with zero attached hydrogens (tertiary/aromatic N) is 4. The van der Waals surface area contributed by atoms with Gasteiger partial charge in [-0.15, -0.1) is 0 Å². The van der Waals surface area contributed by atoms with E-state index in [9.17, 15) is 0 Å². The van der Waals surface area contributed by atoms with E-state index in [4.69, 9.17) is 10.8 Å². The summed E-state index contributed by atoms with van der Waals surface area (Å²) in [4.78, 5) is 0. The molecule has 116 valence electrons. The first-order valence-corrected chi connectivity index (χ1v) is 7.85. The average Bonchev–Trinajstić information content (AvgIpc) is 2.99. The van der Waals surface area contributed by atoms with Gasteiger partial charge in [-0.2, -0.15) is 10.2 Å². The Labute approximate surface area is 127 Å². The van der Waals surface area contributed by atoms with E-state index in [1.54, 1.807) is 0 Å². The Morgan fingerprint density at radius 2 is 2.05 bits per heavy atom. The minimum Gasteiger partial charge on any atom is -0.328 e. The highest BCUT2D eigenvalue weighted by atomic mass is 15.3. The van der Waals surface area contributed by atoms with Crippen LogP contribution in [0.1, 0.15) is 43.3 Å². The van der Waals surface area contributed by atoms with E-state index < -0.39 is 0 Å². The van der Waals surface area contributed by atoms with E-state index >= 15 is 0 Å². The molecule has 0 saturated heterocycles. The first-order chi connectivity index (χ1) is 10.0. The van der Waals surface area contributed by atoms with Gasteiger partial charge in [0.05, 0.1) is 11.9 Å². The predicted octanol–water partition coefficient (Wildman–Crippen LogP) is 1.87. The Morgan fingerprint density at radius 3 is 2.57 bits per heavy atom. The SMILES string of the molecule is CCc1nn(CCc2cnn(C)c2)c(CC)c1CC(C)N. The van der Waals surface area contributed by atoms with Crippen LogP contribution in [0.25, 0.3) is 0 Å². The van der Waals surface area contributed by atoms with Gasteiger partial charge in [0, 0.05) is 31.5 Å². The summed E-state index contributed by atoms with van der Waals surface area (Å²) in [6.07, 6.45) is 7.84. The molecular formula is C16H27N5. The molecule has 2 heterocycles. The second-order valence-electron chi connectivity index (χ2n) is 5.76. The molecular weight excluding hydrogens is 262 g/mol. The first kappa shape index (κ1) is 15.8. The lowest BCUT2D eigenvalue weighted by atomic mass is 10.0. The van der Waals surface area contributed by atoms with Gasteiger partial charge in [-0.3, -0.25) is 9.36 Å². The van der Waals surface area contributed by atoms with Crippen molar-refractivity contribution in [2.75, 3.05) is 0 Å². The zero-order valence-electron chi connectivity index (χ0n) is 13.6. The normalized spacial score (nSPS) is 12.8. The van der Waals surface area contributed by atoms with E-state index in [0.717, 1.165) is 32.2 Å². The molecule has 0 aromatic carbocycles. The van der Waals surface area contributed by atoms with Crippen molar-refractivity contribution in [3.63, 3.8) is 0 Å². The van der Waals surface area contributed by atoms with Crippen LogP contribution in [0.15, 0.2) is 12.4 Å². The van der Waals surface area contributed by atoms with Crippen LogP contribution in [0.4, 0.5) is 0 Å². The highest BCUT2D eigenvalue weighted by Crippen LogP contribution is 2.18. The lowest BCUT2D eigenvalue weighted by Gasteiger charge is -2.09. The van der Waals surface area contributed by atoms with Crippen molar-refractivity contribution >= 4 is 0 Å². The van der Waals surface area contributed by atoms with Gasteiger partial charge >= 0.3 is 0 Å². The van der Waals surface area contributed by atoms with Gasteiger partial charge < -0.3 is 5.73 Å². The third kappa shape index (κ3) is 3.73. The summed E-state index contributed by atoms with van der Waals surface area (Å²) >= 11 is 0. The number of nitrogens with two attached hydrogens (primary N) is 1. The molecule has 1 atom stereocenters. The van der Waals surface area contributed by atoms with Crippen LogP contribution in [-0.4, -0.2) is 25.6 Å². The summed E-state index contributed by atoms with van der Waals surface area (Å²) in [5.74, 6) is 0. The molecule has 21 heavy (non-hydrogen) atoms. The Hall–Kier alpha value is -1.62. The van der Waals surface area contributed by atoms with Gasteiger partial charge in [-0.25, -0.2) is 0 Å². The molecule has 2 rings (SSSR count). The van der Waals surface area contributed by atoms with Gasteiger partial charge in [0.25, 0.3) is 0 Å². The average molecular weight is 289 g/mol. The third-order valence-corrected chi connectivity index (χ3v) is 3.82. The molecule has 0 fully saturated rings. The molecule has 0 radical (unpaired) electrons. The van der Waals surface area contributed by atoms with Gasteiger partial charge in [-0.1, -0.05) is 13.8 Å². The Kier molecular flexibility index (Phi) is 5.17. The fourth-order valence-corrected chi connectivity index (χ4v) is 2.85. The lowest BCUT2D eigenvalue weighted by Crippen LogP contribution is -2.19. The number of hydrogen-bond acceptors (Lipinski definition) is 3. The number of aromatic nitrogens is 4. The topological polar surface area (TPSA) is 61.7 Å². The van der Waals surface area contributed by atoms with Gasteiger partial charge in [0.2, 0.25) is 0 Å². The van der Waals surface area contributed by atoms with Gasteiger partial charge in [0.15, 0.2) is 0 Å². The van der Waals surface area contributed by atoms with Crippen LogP contribution in [0.5, 0.6) is 0 Å². The zero-order chi connectivity index (χ0) is 15.4. The molecule has 0 amide bonds. The number of hydrogen-bond donors (Lipinski definition) is 1. The van der Waals surface area contributed by atoms with Gasteiger partial charge in [0.1, 0.15) is 0 Å². The summed E-state index contributed by atoms with van der Waals surface area (Å²) in [5.41, 5.74) is 11.2. The van der Waals surface area contributed by atoms with Crippen LogP contribution in [0, 0.1) is 0 Å². The van der Waals surface area contributed by atoms with Crippen molar-refractivity contribution < 1.29 is 0 Å². The van der Waals surface area contributed by atoms with Crippen LogP contribution >= 0.6 is 0 Å². The highest BCUT2D eigenvalue weighted by Gasteiger charge is 2.16. The van der Waals surface area contributed by atoms with Crippen LogP contribution < -0.4 is 5.73 Å². The summed E-state index contributed by atoms with van der Waals surface area (Å²) < 4.78 is 4.02. The second kappa shape index (κ2) is 6.89. The molecule has 5 nitrogen and oxygen atoms in total. The molecule has 2 aromatic heterocycles. The van der Waals surface area contributed by atoms with Crippen LogP contribution in [0.2, 0.25) is 0 Å². The molecule has 0 bridgehead atoms. The molecule has 0 saturated carbocycles. The maximum Gasteiger partial charge on any atom is 0.0657 e.